The largest absolute Gasteiger partial charge is 0.489 e. The lowest BCUT2D eigenvalue weighted by Gasteiger charge is -2.25. The first kappa shape index (κ1) is 23.5. The van der Waals surface area contributed by atoms with Crippen molar-refractivity contribution in [1.82, 2.24) is 10.3 Å². The van der Waals surface area contributed by atoms with Crippen LogP contribution in [-0.4, -0.2) is 46.3 Å². The molecule has 3 aromatic carbocycles. The summed E-state index contributed by atoms with van der Waals surface area (Å²) in [6.45, 7) is 0.570. The molecule has 6 nitrogen and oxygen atoms in total. The minimum absolute atomic E-state index is 0.0640. The zero-order valence-corrected chi connectivity index (χ0v) is 20.6. The zero-order chi connectivity index (χ0) is 24.0. The predicted octanol–water partition coefficient (Wildman–Crippen LogP) is 4.72. The molecule has 0 bridgehead atoms. The molecule has 2 aliphatic rings. The summed E-state index contributed by atoms with van der Waals surface area (Å²) in [6.07, 6.45) is 1.89. The number of thioether (sulfide) groups is 2. The van der Waals surface area contributed by atoms with Crippen LogP contribution >= 0.6 is 23.5 Å². The predicted molar refractivity (Wildman–Crippen MR) is 142 cm³/mol. The molecule has 3 aromatic rings. The van der Waals surface area contributed by atoms with Gasteiger partial charge in [-0.3, -0.25) is 9.59 Å². The highest BCUT2D eigenvalue weighted by molar-refractivity contribution is 8.00. The van der Waals surface area contributed by atoms with Gasteiger partial charge in [0.2, 0.25) is 5.91 Å². The zero-order valence-electron chi connectivity index (χ0n) is 19.0. The Bertz CT molecular complexity index is 1210. The van der Waals surface area contributed by atoms with Gasteiger partial charge in [0.1, 0.15) is 17.2 Å². The van der Waals surface area contributed by atoms with Crippen LogP contribution in [-0.2, 0) is 11.3 Å². The minimum atomic E-state index is -0.289. The Morgan fingerprint density at radius 1 is 1.06 bits per heavy atom. The molecule has 0 unspecified atom stereocenters. The van der Waals surface area contributed by atoms with Crippen molar-refractivity contribution in [3.05, 3.63) is 101 Å². The van der Waals surface area contributed by atoms with Crippen LogP contribution in [0.15, 0.2) is 84.0 Å². The highest BCUT2D eigenvalue weighted by Crippen LogP contribution is 2.39. The normalized spacial score (nSPS) is 18.0. The molecule has 178 valence electrons. The highest BCUT2D eigenvalue weighted by atomic mass is 32.2. The molecule has 35 heavy (non-hydrogen) atoms. The van der Waals surface area contributed by atoms with Crippen LogP contribution in [0.2, 0.25) is 0 Å². The number of hydrazone groups is 1. The quantitative estimate of drug-likeness (QED) is 0.356. The van der Waals surface area contributed by atoms with Crippen molar-refractivity contribution in [1.29, 1.82) is 0 Å². The fourth-order valence-electron chi connectivity index (χ4n) is 3.85. The van der Waals surface area contributed by atoms with Gasteiger partial charge in [0.15, 0.2) is 0 Å². The Balaban J connectivity index is 1.19. The second-order valence-corrected chi connectivity index (χ2v) is 10.5. The van der Waals surface area contributed by atoms with Gasteiger partial charge >= 0.3 is 0 Å². The summed E-state index contributed by atoms with van der Waals surface area (Å²) < 4.78 is 5.89. The molecule has 2 amide bonds. The van der Waals surface area contributed by atoms with E-state index >= 15 is 0 Å². The maximum absolute atomic E-state index is 12.6. The number of hydrogen-bond donors (Lipinski definition) is 1. The standard InChI is InChI=1S/C27H25N3O3S2/c31-25-18-35-27(30(25)15-19-5-2-1-3-6-19)22-11-9-21(10-12-22)26(32)29-28-14-20-7-4-8-23(13-20)33-24-16-34-17-24/h1-14,24,27H,15-18H2,(H,29,32)/b28-14-/t27-/m0/s1. The van der Waals surface area contributed by atoms with Gasteiger partial charge in [0, 0.05) is 23.6 Å². The fraction of sp³-hybridized carbons (Fsp3) is 0.222. The van der Waals surface area contributed by atoms with Crippen LogP contribution in [0.25, 0.3) is 0 Å². The molecular formula is C27H25N3O3S2. The first-order valence-corrected chi connectivity index (χ1v) is 13.6. The number of nitrogens with one attached hydrogen (secondary N) is 1. The van der Waals surface area contributed by atoms with Gasteiger partial charge in [-0.15, -0.1) is 11.8 Å². The lowest BCUT2D eigenvalue weighted by molar-refractivity contribution is -0.128. The van der Waals surface area contributed by atoms with E-state index < -0.39 is 0 Å². The van der Waals surface area contributed by atoms with E-state index in [0.717, 1.165) is 33.9 Å². The average Bonchev–Trinajstić information content (AvgIpc) is 3.22. The molecule has 2 heterocycles. The monoisotopic (exact) mass is 503 g/mol. The average molecular weight is 504 g/mol. The molecule has 2 saturated heterocycles. The summed E-state index contributed by atoms with van der Waals surface area (Å²) in [5.74, 6) is 3.15. The second-order valence-electron chi connectivity index (χ2n) is 8.34. The van der Waals surface area contributed by atoms with E-state index in [1.807, 2.05) is 83.4 Å². The first-order chi connectivity index (χ1) is 17.2. The van der Waals surface area contributed by atoms with E-state index in [9.17, 15) is 9.59 Å². The maximum Gasteiger partial charge on any atom is 0.271 e. The molecule has 2 fully saturated rings. The number of nitrogens with zero attached hydrogens (tertiary/aromatic N) is 2. The van der Waals surface area contributed by atoms with Crippen molar-refractivity contribution in [3.63, 3.8) is 0 Å². The van der Waals surface area contributed by atoms with E-state index in [1.165, 1.54) is 0 Å². The third kappa shape index (κ3) is 5.89. The number of carbonyl (C=O) groups is 2. The molecule has 1 atom stereocenters. The third-order valence-corrected chi connectivity index (χ3v) is 8.24. The molecular weight excluding hydrogens is 478 g/mol. The molecule has 0 aliphatic carbocycles. The van der Waals surface area contributed by atoms with E-state index in [0.29, 0.717) is 17.9 Å². The Labute approximate surface area is 213 Å². The van der Waals surface area contributed by atoms with Gasteiger partial charge in [0.05, 0.1) is 12.0 Å². The fourth-order valence-corrected chi connectivity index (χ4v) is 5.61. The first-order valence-electron chi connectivity index (χ1n) is 11.4. The number of ether oxygens (including phenoxy) is 1. The van der Waals surface area contributed by atoms with Crippen LogP contribution in [0, 0.1) is 0 Å². The number of rotatable bonds is 8. The van der Waals surface area contributed by atoms with E-state index in [-0.39, 0.29) is 23.3 Å². The summed E-state index contributed by atoms with van der Waals surface area (Å²) >= 11 is 3.48. The van der Waals surface area contributed by atoms with Crippen molar-refractivity contribution in [3.8, 4) is 5.75 Å². The number of hydrogen-bond acceptors (Lipinski definition) is 6. The van der Waals surface area contributed by atoms with Crippen molar-refractivity contribution >= 4 is 41.6 Å². The van der Waals surface area contributed by atoms with Crippen molar-refractivity contribution in [2.75, 3.05) is 17.3 Å². The minimum Gasteiger partial charge on any atom is -0.489 e. The van der Waals surface area contributed by atoms with Crippen molar-refractivity contribution < 1.29 is 14.3 Å². The summed E-state index contributed by atoms with van der Waals surface area (Å²) in [6, 6.07) is 25.0. The molecule has 1 N–H and O–H groups in total. The van der Waals surface area contributed by atoms with Crippen LogP contribution in [0.4, 0.5) is 0 Å². The lowest BCUT2D eigenvalue weighted by atomic mass is 10.1. The van der Waals surface area contributed by atoms with E-state index in [2.05, 4.69) is 10.5 Å². The Morgan fingerprint density at radius 3 is 2.60 bits per heavy atom. The van der Waals surface area contributed by atoms with Gasteiger partial charge in [-0.2, -0.15) is 16.9 Å². The van der Waals surface area contributed by atoms with Crippen LogP contribution in [0.3, 0.4) is 0 Å². The van der Waals surface area contributed by atoms with Gasteiger partial charge in [-0.1, -0.05) is 54.6 Å². The Hall–Kier alpha value is -3.23. The lowest BCUT2D eigenvalue weighted by Crippen LogP contribution is -2.31. The van der Waals surface area contributed by atoms with Gasteiger partial charge in [0.25, 0.3) is 5.91 Å². The van der Waals surface area contributed by atoms with E-state index in [1.54, 1.807) is 30.1 Å². The second kappa shape index (κ2) is 11.0. The van der Waals surface area contributed by atoms with Crippen LogP contribution < -0.4 is 10.2 Å². The Morgan fingerprint density at radius 2 is 1.86 bits per heavy atom. The molecule has 0 saturated carbocycles. The topological polar surface area (TPSA) is 71.0 Å². The summed E-state index contributed by atoms with van der Waals surface area (Å²) in [4.78, 5) is 26.9. The van der Waals surface area contributed by atoms with Crippen molar-refractivity contribution in [2.24, 2.45) is 5.10 Å². The third-order valence-electron chi connectivity index (χ3n) is 5.77. The summed E-state index contributed by atoms with van der Waals surface area (Å²) in [5.41, 5.74) is 6.04. The number of amides is 2. The highest BCUT2D eigenvalue weighted by Gasteiger charge is 2.32. The van der Waals surface area contributed by atoms with Crippen molar-refractivity contribution in [2.45, 2.75) is 18.0 Å². The SMILES string of the molecule is O=C(N/N=C\c1cccc(OC2CSC2)c1)c1ccc([C@@H]2SCC(=O)N2Cc2ccccc2)cc1. The van der Waals surface area contributed by atoms with Gasteiger partial charge in [-0.05, 0) is 41.0 Å². The smallest absolute Gasteiger partial charge is 0.271 e. The molecule has 0 spiro atoms. The Kier molecular flexibility index (Phi) is 7.39. The molecule has 0 radical (unpaired) electrons. The molecule has 2 aliphatic heterocycles. The molecule has 8 heteroatoms. The maximum atomic E-state index is 12.6. The van der Waals surface area contributed by atoms with Gasteiger partial charge in [-0.25, -0.2) is 5.43 Å². The molecule has 0 aromatic heterocycles. The summed E-state index contributed by atoms with van der Waals surface area (Å²) in [7, 11) is 0. The number of carbonyl (C=O) groups excluding carboxylic acids is 2. The van der Waals surface area contributed by atoms with Gasteiger partial charge < -0.3 is 9.64 Å². The van der Waals surface area contributed by atoms with E-state index in [4.69, 9.17) is 4.74 Å². The summed E-state index contributed by atoms with van der Waals surface area (Å²) in [5, 5.41) is 4.04. The van der Waals surface area contributed by atoms with Crippen LogP contribution in [0.1, 0.15) is 32.4 Å². The van der Waals surface area contributed by atoms with Crippen LogP contribution in [0.5, 0.6) is 5.75 Å². The molecule has 5 rings (SSSR count). The number of benzene rings is 3.